The number of carboxylic acids is 1. The molecule has 0 amide bonds. The van der Waals surface area contributed by atoms with E-state index in [1.807, 2.05) is 12.1 Å². The van der Waals surface area contributed by atoms with Crippen molar-refractivity contribution in [3.63, 3.8) is 0 Å². The average molecular weight is 318 g/mol. The van der Waals surface area contributed by atoms with Gasteiger partial charge in [0, 0.05) is 5.69 Å². The molecule has 122 valence electrons. The fourth-order valence-corrected chi connectivity index (χ4v) is 5.60. The quantitative estimate of drug-likeness (QED) is 0.924. The lowest BCUT2D eigenvalue weighted by atomic mass is 9.68. The van der Waals surface area contributed by atoms with Gasteiger partial charge < -0.3 is 15.2 Å². The SMILES string of the molecule is O=C([O-])c1ccc2c(c1)[C@H]1[C@@H]3CC[C@H](C3)[C@H]1[C@H](c1ccccc1)N2. The van der Waals surface area contributed by atoms with Gasteiger partial charge in [0.1, 0.15) is 0 Å². The van der Waals surface area contributed by atoms with Crippen LogP contribution in [0.3, 0.4) is 0 Å². The third-order valence-corrected chi connectivity index (χ3v) is 6.48. The van der Waals surface area contributed by atoms with Gasteiger partial charge in [-0.2, -0.15) is 0 Å². The smallest absolute Gasteiger partial charge is 0.0715 e. The summed E-state index contributed by atoms with van der Waals surface area (Å²) in [4.78, 5) is 11.3. The Kier molecular flexibility index (Phi) is 2.99. The van der Waals surface area contributed by atoms with Crippen LogP contribution in [0.1, 0.15) is 52.7 Å². The minimum Gasteiger partial charge on any atom is -0.545 e. The Morgan fingerprint density at radius 1 is 1.04 bits per heavy atom. The molecule has 0 unspecified atom stereocenters. The van der Waals surface area contributed by atoms with Crippen LogP contribution < -0.4 is 10.4 Å². The van der Waals surface area contributed by atoms with Crippen LogP contribution >= 0.6 is 0 Å². The second-order valence-corrected chi connectivity index (χ2v) is 7.56. The van der Waals surface area contributed by atoms with Crippen LogP contribution in [0.15, 0.2) is 48.5 Å². The highest BCUT2D eigenvalue weighted by Gasteiger charge is 2.53. The predicted molar refractivity (Wildman–Crippen MR) is 90.6 cm³/mol. The van der Waals surface area contributed by atoms with Gasteiger partial charge in [0.05, 0.1) is 12.0 Å². The molecule has 2 aromatic rings. The summed E-state index contributed by atoms with van der Waals surface area (Å²) in [6.45, 7) is 0. The van der Waals surface area contributed by atoms with Crippen LogP contribution in [-0.2, 0) is 0 Å². The number of rotatable bonds is 2. The average Bonchev–Trinajstić information content (AvgIpc) is 3.23. The minimum absolute atomic E-state index is 0.301. The second kappa shape index (κ2) is 5.10. The van der Waals surface area contributed by atoms with E-state index in [9.17, 15) is 9.90 Å². The molecular weight excluding hydrogens is 298 g/mol. The Hall–Kier alpha value is -2.29. The lowest BCUT2D eigenvalue weighted by Crippen LogP contribution is -2.35. The number of hydrogen-bond acceptors (Lipinski definition) is 3. The van der Waals surface area contributed by atoms with Crippen molar-refractivity contribution in [1.29, 1.82) is 0 Å². The molecule has 0 saturated heterocycles. The zero-order valence-electron chi connectivity index (χ0n) is 13.4. The van der Waals surface area contributed by atoms with Crippen LogP contribution in [0.4, 0.5) is 5.69 Å². The normalized spacial score (nSPS) is 32.8. The Morgan fingerprint density at radius 3 is 2.62 bits per heavy atom. The summed E-state index contributed by atoms with van der Waals surface area (Å²) in [5.41, 5.74) is 3.94. The highest BCUT2D eigenvalue weighted by molar-refractivity contribution is 5.87. The number of carbonyl (C=O) groups is 1. The van der Waals surface area contributed by atoms with Gasteiger partial charge in [0.15, 0.2) is 0 Å². The maximum absolute atomic E-state index is 11.3. The van der Waals surface area contributed by atoms with Gasteiger partial charge in [-0.25, -0.2) is 0 Å². The molecule has 0 spiro atoms. The summed E-state index contributed by atoms with van der Waals surface area (Å²) in [6, 6.07) is 16.5. The van der Waals surface area contributed by atoms with E-state index >= 15 is 0 Å². The maximum atomic E-state index is 11.3. The van der Waals surface area contributed by atoms with E-state index in [0.29, 0.717) is 29.4 Å². The van der Waals surface area contributed by atoms with Gasteiger partial charge in [0.2, 0.25) is 0 Å². The first-order valence-electron chi connectivity index (χ1n) is 8.89. The zero-order chi connectivity index (χ0) is 16.3. The Bertz CT molecular complexity index is 801. The molecule has 2 fully saturated rings. The standard InChI is InChI=1S/C21H21NO2/c23-21(24)15-8-9-17-16(11-15)18-13-6-7-14(10-13)19(18)20(22-17)12-4-2-1-3-5-12/h1-5,8-9,11,13-14,18-20,22H,6-7,10H2,(H,23,24)/p-1/t13-,14-,18-,19-,20+/m1/s1. The summed E-state index contributed by atoms with van der Waals surface area (Å²) in [6.07, 6.45) is 3.88. The first kappa shape index (κ1) is 14.1. The largest absolute Gasteiger partial charge is 0.545 e. The van der Waals surface area contributed by atoms with Crippen molar-refractivity contribution in [3.05, 3.63) is 65.2 Å². The molecular formula is C21H20NO2-. The molecule has 2 aliphatic carbocycles. The van der Waals surface area contributed by atoms with Crippen molar-refractivity contribution >= 4 is 11.7 Å². The number of carbonyl (C=O) groups excluding carboxylic acids is 1. The van der Waals surface area contributed by atoms with Gasteiger partial charge >= 0.3 is 0 Å². The molecule has 1 aliphatic heterocycles. The topological polar surface area (TPSA) is 52.2 Å². The molecule has 1 heterocycles. The molecule has 24 heavy (non-hydrogen) atoms. The molecule has 2 saturated carbocycles. The van der Waals surface area contributed by atoms with Crippen molar-refractivity contribution in [1.82, 2.24) is 0 Å². The zero-order valence-corrected chi connectivity index (χ0v) is 13.4. The molecule has 2 aromatic carbocycles. The first-order valence-corrected chi connectivity index (χ1v) is 8.89. The first-order chi connectivity index (χ1) is 11.7. The number of fused-ring (bicyclic) bond motifs is 7. The van der Waals surface area contributed by atoms with Gasteiger partial charge in [-0.15, -0.1) is 0 Å². The molecule has 2 bridgehead atoms. The molecule has 3 heteroatoms. The van der Waals surface area contributed by atoms with E-state index in [-0.39, 0.29) is 0 Å². The summed E-state index contributed by atoms with van der Waals surface area (Å²) in [5, 5.41) is 15.0. The fraction of sp³-hybridized carbons (Fsp3) is 0.381. The summed E-state index contributed by atoms with van der Waals surface area (Å²) >= 11 is 0. The molecule has 5 rings (SSSR count). The van der Waals surface area contributed by atoms with E-state index in [0.717, 1.165) is 11.6 Å². The second-order valence-electron chi connectivity index (χ2n) is 7.56. The lowest BCUT2D eigenvalue weighted by molar-refractivity contribution is -0.255. The number of nitrogens with one attached hydrogen (secondary N) is 1. The Morgan fingerprint density at radius 2 is 1.83 bits per heavy atom. The number of benzene rings is 2. The highest BCUT2D eigenvalue weighted by Crippen LogP contribution is 2.63. The number of aromatic carboxylic acids is 1. The van der Waals surface area contributed by atoms with E-state index in [2.05, 4.69) is 35.6 Å². The summed E-state index contributed by atoms with van der Waals surface area (Å²) < 4.78 is 0. The van der Waals surface area contributed by atoms with Crippen molar-refractivity contribution in [2.24, 2.45) is 17.8 Å². The van der Waals surface area contributed by atoms with Gasteiger partial charge in [-0.1, -0.05) is 36.4 Å². The fourth-order valence-electron chi connectivity index (χ4n) is 5.60. The third kappa shape index (κ3) is 1.94. The molecule has 5 atom stereocenters. The minimum atomic E-state index is -1.08. The van der Waals surface area contributed by atoms with Crippen LogP contribution in [0.25, 0.3) is 0 Å². The van der Waals surface area contributed by atoms with Crippen LogP contribution in [0.5, 0.6) is 0 Å². The molecule has 3 aliphatic rings. The van der Waals surface area contributed by atoms with E-state index in [1.165, 1.54) is 30.4 Å². The van der Waals surface area contributed by atoms with Gasteiger partial charge in [-0.05, 0) is 71.8 Å². The molecule has 0 aromatic heterocycles. The van der Waals surface area contributed by atoms with Crippen LogP contribution in [0.2, 0.25) is 0 Å². The van der Waals surface area contributed by atoms with Crippen molar-refractivity contribution in [2.45, 2.75) is 31.2 Å². The molecule has 0 radical (unpaired) electrons. The molecule has 1 N–H and O–H groups in total. The van der Waals surface area contributed by atoms with Crippen molar-refractivity contribution in [3.8, 4) is 0 Å². The van der Waals surface area contributed by atoms with E-state index in [1.54, 1.807) is 6.07 Å². The Labute approximate surface area is 141 Å². The number of anilines is 1. The van der Waals surface area contributed by atoms with Crippen LogP contribution in [-0.4, -0.2) is 5.97 Å². The highest BCUT2D eigenvalue weighted by atomic mass is 16.4. The van der Waals surface area contributed by atoms with Crippen molar-refractivity contribution < 1.29 is 9.90 Å². The van der Waals surface area contributed by atoms with Crippen molar-refractivity contribution in [2.75, 3.05) is 5.32 Å². The van der Waals surface area contributed by atoms with Gasteiger partial charge in [0.25, 0.3) is 0 Å². The van der Waals surface area contributed by atoms with E-state index < -0.39 is 5.97 Å². The Balaban J connectivity index is 1.64. The van der Waals surface area contributed by atoms with Gasteiger partial charge in [-0.3, -0.25) is 0 Å². The summed E-state index contributed by atoms with van der Waals surface area (Å²) in [7, 11) is 0. The van der Waals surface area contributed by atoms with E-state index in [4.69, 9.17) is 0 Å². The monoisotopic (exact) mass is 318 g/mol. The molecule has 3 nitrogen and oxygen atoms in total. The maximum Gasteiger partial charge on any atom is 0.0715 e. The lowest BCUT2D eigenvalue weighted by Gasteiger charge is -2.43. The van der Waals surface area contributed by atoms with Crippen LogP contribution in [0, 0.1) is 17.8 Å². The predicted octanol–water partition coefficient (Wildman–Crippen LogP) is 3.35. The summed E-state index contributed by atoms with van der Waals surface area (Å²) in [5.74, 6) is 1.41. The third-order valence-electron chi connectivity index (χ3n) is 6.48. The number of carboxylic acid groups (broad SMARTS) is 1. The number of hydrogen-bond donors (Lipinski definition) is 1.